The molecule has 0 saturated carbocycles. The highest BCUT2D eigenvalue weighted by atomic mass is 16.2. The summed E-state index contributed by atoms with van der Waals surface area (Å²) in [6, 6.07) is 5.66. The molecule has 1 amide bonds. The Bertz CT molecular complexity index is 1790. The molecule has 11 heteroatoms. The van der Waals surface area contributed by atoms with Crippen LogP contribution in [0.25, 0.3) is 50.5 Å². The normalized spacial score (nSPS) is 11.9. The van der Waals surface area contributed by atoms with Gasteiger partial charge in [0.25, 0.3) is 0 Å². The van der Waals surface area contributed by atoms with E-state index in [0.717, 1.165) is 33.5 Å². The molecule has 0 atom stereocenters. The van der Waals surface area contributed by atoms with E-state index in [-0.39, 0.29) is 5.91 Å². The molecule has 0 saturated heterocycles. The van der Waals surface area contributed by atoms with Gasteiger partial charge in [0.1, 0.15) is 11.0 Å². The predicted molar refractivity (Wildman–Crippen MR) is 140 cm³/mol. The van der Waals surface area contributed by atoms with Crippen molar-refractivity contribution in [3.05, 3.63) is 61.2 Å². The van der Waals surface area contributed by atoms with Gasteiger partial charge in [-0.15, -0.1) is 0 Å². The number of anilines is 1. The molecule has 0 fully saturated rings. The van der Waals surface area contributed by atoms with Gasteiger partial charge < -0.3 is 14.9 Å². The summed E-state index contributed by atoms with van der Waals surface area (Å²) in [7, 11) is 0. The van der Waals surface area contributed by atoms with Crippen molar-refractivity contribution in [2.45, 2.75) is 27.7 Å². The van der Waals surface area contributed by atoms with Gasteiger partial charge in [0, 0.05) is 23.4 Å². The van der Waals surface area contributed by atoms with Gasteiger partial charge in [-0.2, -0.15) is 5.10 Å². The fourth-order valence-electron chi connectivity index (χ4n) is 3.96. The summed E-state index contributed by atoms with van der Waals surface area (Å²) in [6.07, 6.45) is 10.5. The molecule has 3 N–H and O–H groups in total. The Kier molecular flexibility index (Phi) is 5.07. The van der Waals surface area contributed by atoms with E-state index in [1.807, 2.05) is 56.7 Å². The second-order valence-electron chi connectivity index (χ2n) is 9.89. The lowest BCUT2D eigenvalue weighted by molar-refractivity contribution is -0.123. The molecular formula is C26H24N10O. The predicted octanol–water partition coefficient (Wildman–Crippen LogP) is 4.44. The van der Waals surface area contributed by atoms with E-state index < -0.39 is 5.41 Å². The van der Waals surface area contributed by atoms with Crippen LogP contribution in [0.3, 0.4) is 0 Å². The topological polar surface area (TPSA) is 143 Å². The van der Waals surface area contributed by atoms with Gasteiger partial charge in [0.15, 0.2) is 11.5 Å². The minimum absolute atomic E-state index is 0.0865. The molecule has 6 rings (SSSR count). The number of imidazole rings is 2. The highest BCUT2D eigenvalue weighted by Gasteiger charge is 2.22. The van der Waals surface area contributed by atoms with Crippen LogP contribution in [-0.2, 0) is 4.79 Å². The molecule has 0 radical (unpaired) electrons. The maximum atomic E-state index is 12.4. The maximum absolute atomic E-state index is 12.4. The van der Waals surface area contributed by atoms with Crippen LogP contribution in [0.4, 0.5) is 5.69 Å². The first-order chi connectivity index (χ1) is 17.8. The summed E-state index contributed by atoms with van der Waals surface area (Å²) in [5.41, 5.74) is 6.82. The van der Waals surface area contributed by atoms with Crippen molar-refractivity contribution in [3.8, 4) is 28.5 Å². The number of aryl methyl sites for hydroxylation is 1. The molecule has 11 nitrogen and oxygen atoms in total. The first-order valence-electron chi connectivity index (χ1n) is 11.7. The lowest BCUT2D eigenvalue weighted by Crippen LogP contribution is -2.27. The van der Waals surface area contributed by atoms with Gasteiger partial charge in [0.2, 0.25) is 5.91 Å². The summed E-state index contributed by atoms with van der Waals surface area (Å²) in [4.78, 5) is 38.4. The lowest BCUT2D eigenvalue weighted by Gasteiger charge is -2.17. The van der Waals surface area contributed by atoms with Crippen molar-refractivity contribution < 1.29 is 4.79 Å². The Hall–Kier alpha value is -4.93. The van der Waals surface area contributed by atoms with E-state index in [2.05, 4.69) is 35.5 Å². The van der Waals surface area contributed by atoms with E-state index in [9.17, 15) is 4.79 Å². The lowest BCUT2D eigenvalue weighted by atomic mass is 9.95. The molecule has 184 valence electrons. The zero-order valence-electron chi connectivity index (χ0n) is 20.7. The van der Waals surface area contributed by atoms with Crippen LogP contribution >= 0.6 is 0 Å². The summed E-state index contributed by atoms with van der Waals surface area (Å²) >= 11 is 0. The largest absolute Gasteiger partial charge is 0.335 e. The number of amides is 1. The molecule has 0 aromatic carbocycles. The minimum Gasteiger partial charge on any atom is -0.335 e. The van der Waals surface area contributed by atoms with Crippen LogP contribution in [0.5, 0.6) is 0 Å². The number of carbonyl (C=O) groups excluding carboxylic acids is 1. The first-order valence-corrected chi connectivity index (χ1v) is 11.7. The standard InChI is InChI=1S/C26H24N10O/c1-14-12-36(13-29-14)20-11-28-10-19-21(20)33-24(32-19)23-22-18(34-35-23)6-5-17(31-22)15-7-16(9-27-8-15)30-25(37)26(2,3)4/h5-13H,1-4H3,(H,30,37)(H,32,33)(H,34,35). The second kappa shape index (κ2) is 8.33. The zero-order chi connectivity index (χ0) is 25.7. The fourth-order valence-corrected chi connectivity index (χ4v) is 3.96. The average molecular weight is 493 g/mol. The van der Waals surface area contributed by atoms with Gasteiger partial charge in [-0.25, -0.2) is 15.0 Å². The van der Waals surface area contributed by atoms with Gasteiger partial charge in [-0.3, -0.25) is 19.9 Å². The molecule has 0 bridgehead atoms. The van der Waals surface area contributed by atoms with Gasteiger partial charge >= 0.3 is 0 Å². The van der Waals surface area contributed by atoms with Crippen LogP contribution in [0, 0.1) is 12.3 Å². The molecule has 0 spiro atoms. The molecule has 0 aliphatic heterocycles. The first kappa shape index (κ1) is 22.5. The second-order valence-corrected chi connectivity index (χ2v) is 9.89. The monoisotopic (exact) mass is 492 g/mol. The van der Waals surface area contributed by atoms with Gasteiger partial charge in [-0.05, 0) is 25.1 Å². The van der Waals surface area contributed by atoms with Gasteiger partial charge in [0.05, 0.1) is 58.7 Å². The van der Waals surface area contributed by atoms with Crippen LogP contribution in [-0.4, -0.2) is 50.6 Å². The highest BCUT2D eigenvalue weighted by Crippen LogP contribution is 2.29. The number of pyridine rings is 3. The number of H-pyrrole nitrogens is 2. The fraction of sp³-hybridized carbons (Fsp3) is 0.192. The summed E-state index contributed by atoms with van der Waals surface area (Å²) in [6.45, 7) is 7.53. The molecule has 0 unspecified atom stereocenters. The quantitative estimate of drug-likeness (QED) is 0.330. The third-order valence-electron chi connectivity index (χ3n) is 5.97. The smallest absolute Gasteiger partial charge is 0.229 e. The number of rotatable bonds is 4. The number of fused-ring (bicyclic) bond motifs is 2. The number of nitrogens with zero attached hydrogens (tertiary/aromatic N) is 7. The third kappa shape index (κ3) is 4.10. The van der Waals surface area contributed by atoms with Gasteiger partial charge in [-0.1, -0.05) is 20.8 Å². The highest BCUT2D eigenvalue weighted by molar-refractivity contribution is 5.95. The van der Waals surface area contributed by atoms with Crippen LogP contribution in [0.1, 0.15) is 26.5 Å². The molecular weight excluding hydrogens is 468 g/mol. The third-order valence-corrected chi connectivity index (χ3v) is 5.97. The maximum Gasteiger partial charge on any atom is 0.229 e. The van der Waals surface area contributed by atoms with E-state index in [1.54, 1.807) is 31.1 Å². The van der Waals surface area contributed by atoms with Crippen molar-refractivity contribution in [3.63, 3.8) is 0 Å². The molecule has 0 aliphatic rings. The Balaban J connectivity index is 1.40. The van der Waals surface area contributed by atoms with Crippen LogP contribution in [0.2, 0.25) is 0 Å². The Morgan fingerprint density at radius 1 is 1.00 bits per heavy atom. The Morgan fingerprint density at radius 3 is 2.62 bits per heavy atom. The van der Waals surface area contributed by atoms with Crippen LogP contribution < -0.4 is 5.32 Å². The zero-order valence-corrected chi connectivity index (χ0v) is 20.7. The van der Waals surface area contributed by atoms with Crippen molar-refractivity contribution in [2.24, 2.45) is 5.41 Å². The van der Waals surface area contributed by atoms with E-state index >= 15 is 0 Å². The number of nitrogens with one attached hydrogen (secondary N) is 3. The molecule has 0 aliphatic carbocycles. The minimum atomic E-state index is -0.516. The number of hydrogen-bond donors (Lipinski definition) is 3. The number of aromatic amines is 2. The summed E-state index contributed by atoms with van der Waals surface area (Å²) < 4.78 is 1.90. The summed E-state index contributed by atoms with van der Waals surface area (Å²) in [5.74, 6) is 0.484. The molecule has 6 aromatic rings. The number of carbonyl (C=O) groups is 1. The number of aromatic nitrogens is 9. The van der Waals surface area contributed by atoms with E-state index in [0.29, 0.717) is 28.4 Å². The van der Waals surface area contributed by atoms with Crippen molar-refractivity contribution in [1.82, 2.24) is 44.7 Å². The van der Waals surface area contributed by atoms with Crippen LogP contribution in [0.15, 0.2) is 55.5 Å². The summed E-state index contributed by atoms with van der Waals surface area (Å²) in [5, 5.41) is 10.5. The van der Waals surface area contributed by atoms with Crippen molar-refractivity contribution in [1.29, 1.82) is 0 Å². The average Bonchev–Trinajstić information content (AvgIpc) is 3.60. The van der Waals surface area contributed by atoms with Crippen molar-refractivity contribution >= 4 is 33.7 Å². The molecule has 6 heterocycles. The van der Waals surface area contributed by atoms with Crippen molar-refractivity contribution in [2.75, 3.05) is 5.32 Å². The SMILES string of the molecule is Cc1cn(-c2cncc3[nH]c(-c4n[nH]c5ccc(-c6cncc(NC(=O)C(C)(C)C)c6)nc45)nc23)cn1. The Labute approximate surface area is 211 Å². The number of hydrogen-bond acceptors (Lipinski definition) is 7. The Morgan fingerprint density at radius 2 is 1.84 bits per heavy atom. The molecule has 6 aromatic heterocycles. The van der Waals surface area contributed by atoms with E-state index in [4.69, 9.17) is 9.97 Å². The molecule has 37 heavy (non-hydrogen) atoms. The van der Waals surface area contributed by atoms with E-state index in [1.165, 1.54) is 0 Å².